The van der Waals surface area contributed by atoms with Gasteiger partial charge in [0.1, 0.15) is 4.33 Å². The molecule has 0 radical (unpaired) electrons. The van der Waals surface area contributed by atoms with Crippen LogP contribution in [0.5, 0.6) is 0 Å². The summed E-state index contributed by atoms with van der Waals surface area (Å²) < 4.78 is -0.873. The van der Waals surface area contributed by atoms with E-state index in [1.165, 1.54) is 0 Å². The Morgan fingerprint density at radius 1 is 1.17 bits per heavy atom. The number of benzene rings is 1. The molecule has 1 saturated heterocycles. The van der Waals surface area contributed by atoms with Crippen LogP contribution in [-0.2, 0) is 9.59 Å². The van der Waals surface area contributed by atoms with Gasteiger partial charge in [-0.2, -0.15) is 0 Å². The lowest BCUT2D eigenvalue weighted by atomic mass is 10.2. The summed E-state index contributed by atoms with van der Waals surface area (Å²) in [6.45, 7) is 4.91. The standard InChI is InChI=1S/C17H21Cl2N3O2/c1-12-2-4-13(5-3-12)20-15(23)11-21-6-8-22(9-7-21)16(24)14-10-17(14,18)19/h2-5,14H,6-11H2,1H3,(H,20,23). The first-order valence-corrected chi connectivity index (χ1v) is 8.86. The minimum atomic E-state index is -0.873. The normalized spacial score (nSPS) is 23.0. The highest BCUT2D eigenvalue weighted by Crippen LogP contribution is 2.53. The molecular weight excluding hydrogens is 349 g/mol. The van der Waals surface area contributed by atoms with Crippen LogP contribution in [0, 0.1) is 12.8 Å². The van der Waals surface area contributed by atoms with Gasteiger partial charge in [-0.3, -0.25) is 14.5 Å². The fourth-order valence-corrected chi connectivity index (χ4v) is 3.36. The van der Waals surface area contributed by atoms with E-state index in [9.17, 15) is 9.59 Å². The van der Waals surface area contributed by atoms with E-state index in [1.54, 1.807) is 4.90 Å². The Hall–Kier alpha value is -1.30. The number of alkyl halides is 2. The summed E-state index contributed by atoms with van der Waals surface area (Å²) in [6, 6.07) is 7.71. The number of aryl methyl sites for hydroxylation is 1. The number of carbonyl (C=O) groups is 2. The second-order valence-electron chi connectivity index (χ2n) is 6.53. The van der Waals surface area contributed by atoms with Gasteiger partial charge in [0.05, 0.1) is 12.5 Å². The number of amides is 2. The van der Waals surface area contributed by atoms with Crippen molar-refractivity contribution in [1.82, 2.24) is 9.80 Å². The lowest BCUT2D eigenvalue weighted by Crippen LogP contribution is -2.51. The van der Waals surface area contributed by atoms with Crippen molar-refractivity contribution in [2.45, 2.75) is 17.7 Å². The molecule has 1 aliphatic carbocycles. The third-order valence-corrected chi connectivity index (χ3v) is 5.35. The molecule has 2 amide bonds. The third kappa shape index (κ3) is 4.21. The van der Waals surface area contributed by atoms with Gasteiger partial charge in [-0.05, 0) is 25.5 Å². The predicted octanol–water partition coefficient (Wildman–Crippen LogP) is 2.27. The van der Waals surface area contributed by atoms with Gasteiger partial charge in [0.25, 0.3) is 0 Å². The number of anilines is 1. The second kappa shape index (κ2) is 6.90. The molecule has 1 aliphatic heterocycles. The Bertz CT molecular complexity index is 625. The number of carbonyl (C=O) groups excluding carboxylic acids is 2. The van der Waals surface area contributed by atoms with E-state index < -0.39 is 4.33 Å². The fraction of sp³-hybridized carbons (Fsp3) is 0.529. The zero-order valence-electron chi connectivity index (χ0n) is 13.6. The first kappa shape index (κ1) is 17.5. The average molecular weight is 370 g/mol. The Labute approximate surface area is 151 Å². The Morgan fingerprint density at radius 2 is 1.75 bits per heavy atom. The van der Waals surface area contributed by atoms with Gasteiger partial charge in [0.2, 0.25) is 11.8 Å². The molecular formula is C17H21Cl2N3O2. The first-order chi connectivity index (χ1) is 11.3. The topological polar surface area (TPSA) is 52.7 Å². The van der Waals surface area contributed by atoms with E-state index >= 15 is 0 Å². The molecule has 1 heterocycles. The largest absolute Gasteiger partial charge is 0.340 e. The summed E-state index contributed by atoms with van der Waals surface area (Å²) in [6.07, 6.45) is 0.536. The van der Waals surface area contributed by atoms with Crippen LogP contribution in [0.4, 0.5) is 5.69 Å². The monoisotopic (exact) mass is 369 g/mol. The number of nitrogens with one attached hydrogen (secondary N) is 1. The molecule has 1 unspecified atom stereocenters. The molecule has 1 aromatic carbocycles. The predicted molar refractivity (Wildman–Crippen MR) is 95.4 cm³/mol. The number of hydrogen-bond acceptors (Lipinski definition) is 3. The van der Waals surface area contributed by atoms with E-state index in [0.717, 1.165) is 11.3 Å². The maximum Gasteiger partial charge on any atom is 0.238 e. The van der Waals surface area contributed by atoms with Crippen molar-refractivity contribution in [3.8, 4) is 0 Å². The van der Waals surface area contributed by atoms with Crippen LogP contribution >= 0.6 is 23.2 Å². The molecule has 0 bridgehead atoms. The molecule has 1 atom stereocenters. The highest BCUT2D eigenvalue weighted by molar-refractivity contribution is 6.52. The van der Waals surface area contributed by atoms with E-state index in [-0.39, 0.29) is 17.7 Å². The van der Waals surface area contributed by atoms with Crippen LogP contribution in [0.25, 0.3) is 0 Å². The van der Waals surface area contributed by atoms with Gasteiger partial charge in [-0.15, -0.1) is 23.2 Å². The van der Waals surface area contributed by atoms with Gasteiger partial charge in [-0.25, -0.2) is 0 Å². The molecule has 130 valence electrons. The highest BCUT2D eigenvalue weighted by atomic mass is 35.5. The van der Waals surface area contributed by atoms with Crippen molar-refractivity contribution < 1.29 is 9.59 Å². The van der Waals surface area contributed by atoms with Crippen LogP contribution < -0.4 is 5.32 Å². The van der Waals surface area contributed by atoms with Gasteiger partial charge in [-0.1, -0.05) is 17.7 Å². The summed E-state index contributed by atoms with van der Waals surface area (Å²) in [5, 5.41) is 2.89. The maximum absolute atomic E-state index is 12.2. The van der Waals surface area contributed by atoms with Crippen molar-refractivity contribution in [2.24, 2.45) is 5.92 Å². The Morgan fingerprint density at radius 3 is 2.29 bits per heavy atom. The van der Waals surface area contributed by atoms with Crippen molar-refractivity contribution in [2.75, 3.05) is 38.0 Å². The molecule has 1 saturated carbocycles. The van der Waals surface area contributed by atoms with Crippen LogP contribution in [0.3, 0.4) is 0 Å². The summed E-state index contributed by atoms with van der Waals surface area (Å²) in [7, 11) is 0. The molecule has 24 heavy (non-hydrogen) atoms. The average Bonchev–Trinajstić information content (AvgIpc) is 3.18. The molecule has 1 aromatic rings. The van der Waals surface area contributed by atoms with Crippen molar-refractivity contribution in [3.05, 3.63) is 29.8 Å². The van der Waals surface area contributed by atoms with E-state index in [4.69, 9.17) is 23.2 Å². The summed E-state index contributed by atoms with van der Waals surface area (Å²) >= 11 is 11.9. The maximum atomic E-state index is 12.2. The van der Waals surface area contributed by atoms with Crippen molar-refractivity contribution >= 4 is 40.7 Å². The minimum Gasteiger partial charge on any atom is -0.340 e. The molecule has 3 rings (SSSR count). The number of rotatable bonds is 4. The van der Waals surface area contributed by atoms with E-state index in [2.05, 4.69) is 10.2 Å². The SMILES string of the molecule is Cc1ccc(NC(=O)CN2CCN(C(=O)C3CC3(Cl)Cl)CC2)cc1. The van der Waals surface area contributed by atoms with Crippen LogP contribution in [-0.4, -0.2) is 58.7 Å². The summed E-state index contributed by atoms with van der Waals surface area (Å²) in [4.78, 5) is 28.2. The fourth-order valence-electron chi connectivity index (χ4n) is 2.87. The van der Waals surface area contributed by atoms with E-state index in [1.807, 2.05) is 31.2 Å². The zero-order valence-corrected chi connectivity index (χ0v) is 15.1. The Balaban J connectivity index is 1.43. The minimum absolute atomic E-state index is 0.0313. The summed E-state index contributed by atoms with van der Waals surface area (Å²) in [5.41, 5.74) is 1.95. The van der Waals surface area contributed by atoms with Crippen LogP contribution in [0.2, 0.25) is 0 Å². The molecule has 0 aromatic heterocycles. The Kier molecular flexibility index (Phi) is 5.04. The third-order valence-electron chi connectivity index (χ3n) is 4.51. The van der Waals surface area contributed by atoms with E-state index in [0.29, 0.717) is 39.1 Å². The molecule has 5 nitrogen and oxygen atoms in total. The van der Waals surface area contributed by atoms with Gasteiger partial charge in [0, 0.05) is 31.9 Å². The van der Waals surface area contributed by atoms with Gasteiger partial charge in [0.15, 0.2) is 0 Å². The zero-order chi connectivity index (χ0) is 17.3. The molecule has 2 aliphatic rings. The van der Waals surface area contributed by atoms with Crippen molar-refractivity contribution in [3.63, 3.8) is 0 Å². The van der Waals surface area contributed by atoms with Gasteiger partial charge < -0.3 is 10.2 Å². The molecule has 7 heteroatoms. The molecule has 2 fully saturated rings. The molecule has 1 N–H and O–H groups in total. The number of hydrogen-bond donors (Lipinski definition) is 1. The second-order valence-corrected chi connectivity index (χ2v) is 8.08. The number of nitrogens with zero attached hydrogens (tertiary/aromatic N) is 2. The van der Waals surface area contributed by atoms with Crippen LogP contribution in [0.15, 0.2) is 24.3 Å². The lowest BCUT2D eigenvalue weighted by Gasteiger charge is -2.34. The quantitative estimate of drug-likeness (QED) is 0.828. The summed E-state index contributed by atoms with van der Waals surface area (Å²) in [5.74, 6) is -0.276. The smallest absolute Gasteiger partial charge is 0.238 e. The first-order valence-electron chi connectivity index (χ1n) is 8.11. The van der Waals surface area contributed by atoms with Crippen LogP contribution in [0.1, 0.15) is 12.0 Å². The number of halogens is 2. The highest BCUT2D eigenvalue weighted by Gasteiger charge is 2.57. The van der Waals surface area contributed by atoms with Crippen molar-refractivity contribution in [1.29, 1.82) is 0 Å². The van der Waals surface area contributed by atoms with Gasteiger partial charge >= 0.3 is 0 Å². The number of piperazine rings is 1. The lowest BCUT2D eigenvalue weighted by molar-refractivity contribution is -0.134. The molecule has 0 spiro atoms.